The predicted molar refractivity (Wildman–Crippen MR) is 107 cm³/mol. The zero-order valence-corrected chi connectivity index (χ0v) is 16.1. The van der Waals surface area contributed by atoms with Crippen molar-refractivity contribution in [3.63, 3.8) is 0 Å². The van der Waals surface area contributed by atoms with Crippen LogP contribution in [0.15, 0.2) is 36.4 Å². The lowest BCUT2D eigenvalue weighted by molar-refractivity contribution is -0.129. The van der Waals surface area contributed by atoms with Crippen LogP contribution in [0.25, 0.3) is 0 Å². The summed E-state index contributed by atoms with van der Waals surface area (Å²) in [6.07, 6.45) is 4.52. The molecule has 2 atom stereocenters. The second-order valence-electron chi connectivity index (χ2n) is 7.43. The maximum absolute atomic E-state index is 12.6. The Morgan fingerprint density at radius 1 is 1.15 bits per heavy atom. The Hall–Kier alpha value is -2.18. The third-order valence-corrected chi connectivity index (χ3v) is 6.80. The first-order valence-electron chi connectivity index (χ1n) is 9.60. The number of nitrogens with two attached hydrogens (primary N) is 1. The van der Waals surface area contributed by atoms with Crippen LogP contribution in [-0.2, 0) is 17.6 Å². The first-order chi connectivity index (χ1) is 13.1. The minimum Gasteiger partial charge on any atom is -0.342 e. The molecule has 0 bridgehead atoms. The van der Waals surface area contributed by atoms with Crippen molar-refractivity contribution in [3.05, 3.63) is 57.3 Å². The molecule has 3 N–H and O–H groups in total. The summed E-state index contributed by atoms with van der Waals surface area (Å²) in [6, 6.07) is 12.0. The van der Waals surface area contributed by atoms with E-state index in [-0.39, 0.29) is 30.3 Å². The Morgan fingerprint density at radius 2 is 1.93 bits per heavy atom. The normalized spacial score (nSPS) is 21.7. The fourth-order valence-corrected chi connectivity index (χ4v) is 5.21. The highest BCUT2D eigenvalue weighted by Gasteiger charge is 2.33. The summed E-state index contributed by atoms with van der Waals surface area (Å²) in [5.41, 5.74) is 8.73. The van der Waals surface area contributed by atoms with E-state index in [4.69, 9.17) is 5.73 Å². The average molecular weight is 384 g/mol. The molecule has 0 unspecified atom stereocenters. The van der Waals surface area contributed by atoms with Crippen LogP contribution in [0.5, 0.6) is 0 Å². The molecule has 1 fully saturated rings. The number of fused-ring (bicyclic) bond motifs is 1. The van der Waals surface area contributed by atoms with E-state index in [1.54, 1.807) is 16.2 Å². The largest absolute Gasteiger partial charge is 0.342 e. The van der Waals surface area contributed by atoms with Crippen LogP contribution < -0.4 is 11.1 Å². The van der Waals surface area contributed by atoms with Gasteiger partial charge in [-0.25, -0.2) is 0 Å². The monoisotopic (exact) mass is 383 g/mol. The van der Waals surface area contributed by atoms with E-state index in [9.17, 15) is 9.59 Å². The van der Waals surface area contributed by atoms with Crippen LogP contribution in [0.4, 0.5) is 0 Å². The van der Waals surface area contributed by atoms with Crippen LogP contribution in [0.3, 0.4) is 0 Å². The molecule has 4 rings (SSSR count). The number of likely N-dealkylation sites (tertiary alicyclic amines) is 1. The van der Waals surface area contributed by atoms with Crippen molar-refractivity contribution < 1.29 is 9.59 Å². The van der Waals surface area contributed by atoms with E-state index >= 15 is 0 Å². The number of thiophene rings is 1. The molecule has 1 aliphatic carbocycles. The number of benzene rings is 1. The molecular formula is C21H25N3O2S. The van der Waals surface area contributed by atoms with Crippen molar-refractivity contribution in [3.8, 4) is 0 Å². The molecule has 2 heterocycles. The summed E-state index contributed by atoms with van der Waals surface area (Å²) in [4.78, 5) is 28.8. The molecule has 27 heavy (non-hydrogen) atoms. The quantitative estimate of drug-likeness (QED) is 0.851. The van der Waals surface area contributed by atoms with E-state index in [0.29, 0.717) is 13.1 Å². The minimum atomic E-state index is -0.147. The van der Waals surface area contributed by atoms with Gasteiger partial charge in [-0.15, -0.1) is 11.3 Å². The summed E-state index contributed by atoms with van der Waals surface area (Å²) < 4.78 is 0. The number of hydrogen-bond donors (Lipinski definition) is 2. The van der Waals surface area contributed by atoms with Crippen molar-refractivity contribution in [2.75, 3.05) is 19.6 Å². The van der Waals surface area contributed by atoms with Crippen LogP contribution in [0.1, 0.15) is 44.4 Å². The molecule has 142 valence electrons. The van der Waals surface area contributed by atoms with Crippen molar-refractivity contribution in [1.29, 1.82) is 0 Å². The van der Waals surface area contributed by atoms with Crippen LogP contribution in [0.2, 0.25) is 0 Å². The van der Waals surface area contributed by atoms with Gasteiger partial charge >= 0.3 is 0 Å². The number of rotatable bonds is 4. The number of amides is 2. The number of carbonyl (C=O) groups excluding carboxylic acids is 2. The molecule has 0 saturated carbocycles. The molecule has 5 nitrogen and oxygen atoms in total. The Labute approximate surface area is 163 Å². The lowest BCUT2D eigenvalue weighted by Crippen LogP contribution is -2.39. The Kier molecular flexibility index (Phi) is 5.27. The lowest BCUT2D eigenvalue weighted by atomic mass is 9.95. The second-order valence-corrected chi connectivity index (χ2v) is 8.57. The smallest absolute Gasteiger partial charge is 0.261 e. The molecule has 1 saturated heterocycles. The van der Waals surface area contributed by atoms with Crippen LogP contribution >= 0.6 is 11.3 Å². The van der Waals surface area contributed by atoms with Crippen molar-refractivity contribution in [2.45, 2.75) is 37.6 Å². The standard InChI is InChI=1S/C21H25N3O2S/c22-17-13-24(12-16(17)14-6-2-1-3-7-14)20(25)11-23-21(26)19-10-15-8-4-5-9-18(15)27-19/h1-3,6-7,10,16-17H,4-5,8-9,11-13,22H2,(H,23,26)/t16-,17+/m0/s1. The summed E-state index contributed by atoms with van der Waals surface area (Å²) in [7, 11) is 0. The maximum atomic E-state index is 12.6. The van der Waals surface area contributed by atoms with Gasteiger partial charge in [-0.1, -0.05) is 30.3 Å². The van der Waals surface area contributed by atoms with Gasteiger partial charge in [-0.05, 0) is 42.9 Å². The minimum absolute atomic E-state index is 0.0234. The highest BCUT2D eigenvalue weighted by molar-refractivity contribution is 7.14. The SMILES string of the molecule is N[C@@H]1CN(C(=O)CNC(=O)c2cc3c(s2)CCCC3)C[C@H]1c1ccccc1. The summed E-state index contributed by atoms with van der Waals surface area (Å²) in [5, 5.41) is 2.79. The first-order valence-corrected chi connectivity index (χ1v) is 10.4. The molecule has 1 aromatic carbocycles. The zero-order valence-electron chi connectivity index (χ0n) is 15.3. The van der Waals surface area contributed by atoms with Gasteiger partial charge in [0.05, 0.1) is 11.4 Å². The van der Waals surface area contributed by atoms with Gasteiger partial charge in [0.15, 0.2) is 0 Å². The van der Waals surface area contributed by atoms with Gasteiger partial charge in [0.25, 0.3) is 5.91 Å². The molecule has 1 aliphatic heterocycles. The number of carbonyl (C=O) groups is 2. The molecule has 1 aromatic heterocycles. The highest BCUT2D eigenvalue weighted by atomic mass is 32.1. The zero-order chi connectivity index (χ0) is 18.8. The van der Waals surface area contributed by atoms with E-state index in [1.165, 1.54) is 23.3 Å². The Morgan fingerprint density at radius 3 is 2.70 bits per heavy atom. The topological polar surface area (TPSA) is 75.4 Å². The summed E-state index contributed by atoms with van der Waals surface area (Å²) >= 11 is 1.57. The van der Waals surface area contributed by atoms with Crippen LogP contribution in [-0.4, -0.2) is 42.4 Å². The summed E-state index contributed by atoms with van der Waals surface area (Å²) in [6.45, 7) is 1.16. The number of nitrogens with one attached hydrogen (secondary N) is 1. The average Bonchev–Trinajstić information content (AvgIpc) is 3.30. The Balaban J connectivity index is 1.33. The van der Waals surface area contributed by atoms with Gasteiger partial charge in [0, 0.05) is 29.9 Å². The van der Waals surface area contributed by atoms with E-state index < -0.39 is 0 Å². The molecule has 6 heteroatoms. The van der Waals surface area contributed by atoms with E-state index in [1.807, 2.05) is 24.3 Å². The van der Waals surface area contributed by atoms with Gasteiger partial charge < -0.3 is 16.0 Å². The number of nitrogens with zero attached hydrogens (tertiary/aromatic N) is 1. The summed E-state index contributed by atoms with van der Waals surface area (Å²) in [5.74, 6) is -0.0701. The molecule has 0 spiro atoms. The number of hydrogen-bond acceptors (Lipinski definition) is 4. The highest BCUT2D eigenvalue weighted by Crippen LogP contribution is 2.29. The van der Waals surface area contributed by atoms with Crippen molar-refractivity contribution in [2.24, 2.45) is 5.73 Å². The van der Waals surface area contributed by atoms with Crippen LogP contribution in [0, 0.1) is 0 Å². The molecule has 2 aliphatic rings. The van der Waals surface area contributed by atoms with Gasteiger partial charge in [-0.3, -0.25) is 9.59 Å². The van der Waals surface area contributed by atoms with Crippen molar-refractivity contribution in [1.82, 2.24) is 10.2 Å². The fraction of sp³-hybridized carbons (Fsp3) is 0.429. The molecule has 2 amide bonds. The number of aryl methyl sites for hydroxylation is 2. The first kappa shape index (κ1) is 18.2. The lowest BCUT2D eigenvalue weighted by Gasteiger charge is -2.16. The molecule has 0 radical (unpaired) electrons. The Bertz CT molecular complexity index is 810. The fourth-order valence-electron chi connectivity index (χ4n) is 4.04. The maximum Gasteiger partial charge on any atom is 0.261 e. The van der Waals surface area contributed by atoms with E-state index in [0.717, 1.165) is 23.3 Å². The third-order valence-electron chi connectivity index (χ3n) is 5.57. The molecule has 2 aromatic rings. The van der Waals surface area contributed by atoms with E-state index in [2.05, 4.69) is 17.4 Å². The third kappa shape index (κ3) is 3.92. The van der Waals surface area contributed by atoms with Gasteiger partial charge in [-0.2, -0.15) is 0 Å². The molecular weight excluding hydrogens is 358 g/mol. The van der Waals surface area contributed by atoms with Gasteiger partial charge in [0.1, 0.15) is 0 Å². The predicted octanol–water partition coefficient (Wildman–Crippen LogP) is 2.31. The van der Waals surface area contributed by atoms with Gasteiger partial charge in [0.2, 0.25) is 5.91 Å². The second kappa shape index (κ2) is 7.82. The van der Waals surface area contributed by atoms with Crippen molar-refractivity contribution >= 4 is 23.2 Å².